The van der Waals surface area contributed by atoms with Gasteiger partial charge in [0, 0.05) is 0 Å². The van der Waals surface area contributed by atoms with Crippen LogP contribution in [0.5, 0.6) is 0 Å². The Bertz CT molecular complexity index is 62.3. The fraction of sp³-hybridized carbons (Fsp3) is 1.00. The van der Waals surface area contributed by atoms with Crippen LogP contribution in [0.4, 0.5) is 0 Å². The Kier molecular flexibility index (Phi) is 8.35. The van der Waals surface area contributed by atoms with Gasteiger partial charge in [0.25, 0.3) is 0 Å². The number of hydrogen-bond donors (Lipinski definition) is 0. The van der Waals surface area contributed by atoms with Crippen LogP contribution < -0.4 is 0 Å². The minimum atomic E-state index is 0.812. The van der Waals surface area contributed by atoms with Crippen molar-refractivity contribution < 1.29 is 0 Å². The van der Waals surface area contributed by atoms with Crippen molar-refractivity contribution in [1.29, 1.82) is 0 Å². The fourth-order valence-corrected chi connectivity index (χ4v) is 2.23. The molecule has 0 fully saturated rings. The third-order valence-corrected chi connectivity index (χ3v) is 3.26. The largest absolute Gasteiger partial charge is 0.162 e. The Balaban J connectivity index is 2.77. The van der Waals surface area contributed by atoms with Gasteiger partial charge < -0.3 is 0 Å². The average Bonchev–Trinajstić information content (AvgIpc) is 1.87. The molecule has 10 heavy (non-hydrogen) atoms. The second kappa shape index (κ2) is 7.80. The number of rotatable bonds is 6. The molecule has 0 spiro atoms. The quantitative estimate of drug-likeness (QED) is 0.573. The Hall–Kier alpha value is 0.700. The van der Waals surface area contributed by atoms with Crippen LogP contribution in [0.1, 0.15) is 27.2 Å². The molecule has 0 aliphatic carbocycles. The van der Waals surface area contributed by atoms with E-state index in [1.165, 1.54) is 23.7 Å². The van der Waals surface area contributed by atoms with Gasteiger partial charge in [0.05, 0.1) is 0 Å². The molecule has 0 aliphatic heterocycles. The molecule has 0 N–H and O–H groups in total. The summed E-state index contributed by atoms with van der Waals surface area (Å²) >= 11 is 4.11. The highest BCUT2D eigenvalue weighted by Gasteiger charge is 1.92. The van der Waals surface area contributed by atoms with Gasteiger partial charge in [-0.1, -0.05) is 20.8 Å². The maximum atomic E-state index is 2.26. The molecule has 0 bridgehead atoms. The average molecular weight is 178 g/mol. The predicted octanol–water partition coefficient (Wildman–Crippen LogP) is 3.27. The van der Waals surface area contributed by atoms with Gasteiger partial charge in [-0.2, -0.15) is 23.5 Å². The van der Waals surface area contributed by atoms with Crippen molar-refractivity contribution in [2.45, 2.75) is 32.4 Å². The van der Waals surface area contributed by atoms with Crippen molar-refractivity contribution in [1.82, 2.24) is 0 Å². The molecule has 0 aromatic carbocycles. The summed E-state index contributed by atoms with van der Waals surface area (Å²) in [4.78, 5) is 0. The van der Waals surface area contributed by atoms with Gasteiger partial charge in [0.1, 0.15) is 0 Å². The molecule has 0 aliphatic rings. The molecule has 0 aromatic rings. The van der Waals surface area contributed by atoms with Gasteiger partial charge in [0.15, 0.2) is 0 Å². The van der Waals surface area contributed by atoms with Gasteiger partial charge in [-0.05, 0) is 28.9 Å². The molecule has 0 atom stereocenters. The highest BCUT2D eigenvalue weighted by Crippen LogP contribution is 2.12. The molecule has 0 radical (unpaired) electrons. The molecule has 0 saturated carbocycles. The maximum Gasteiger partial charge on any atom is -0.000968 e. The van der Waals surface area contributed by atoms with E-state index in [4.69, 9.17) is 0 Å². The summed E-state index contributed by atoms with van der Waals surface area (Å²) in [6, 6.07) is 0. The van der Waals surface area contributed by atoms with E-state index in [2.05, 4.69) is 32.5 Å². The van der Waals surface area contributed by atoms with Gasteiger partial charge in [-0.3, -0.25) is 0 Å². The lowest BCUT2D eigenvalue weighted by atomic mass is 10.6. The van der Waals surface area contributed by atoms with Gasteiger partial charge in [-0.15, -0.1) is 0 Å². The summed E-state index contributed by atoms with van der Waals surface area (Å²) in [5, 5.41) is 0.812. The predicted molar refractivity (Wildman–Crippen MR) is 55.2 cm³/mol. The van der Waals surface area contributed by atoms with E-state index in [1.54, 1.807) is 0 Å². The van der Waals surface area contributed by atoms with E-state index in [0.717, 1.165) is 5.25 Å². The lowest BCUT2D eigenvalue weighted by Crippen LogP contribution is -1.91. The minimum absolute atomic E-state index is 0.812. The van der Waals surface area contributed by atoms with Crippen molar-refractivity contribution in [3.05, 3.63) is 0 Å². The zero-order valence-corrected chi connectivity index (χ0v) is 8.86. The second-order valence-electron chi connectivity index (χ2n) is 2.47. The third-order valence-electron chi connectivity index (χ3n) is 1.09. The molecule has 2 heteroatoms. The van der Waals surface area contributed by atoms with E-state index >= 15 is 0 Å². The van der Waals surface area contributed by atoms with Crippen molar-refractivity contribution in [2.24, 2.45) is 0 Å². The standard InChI is InChI=1S/C8H18S2/c1-4-9-6-5-7-10-8(2)3/h8H,4-7H2,1-3H3. The van der Waals surface area contributed by atoms with Crippen molar-refractivity contribution >= 4 is 23.5 Å². The van der Waals surface area contributed by atoms with Crippen LogP contribution in [-0.4, -0.2) is 22.5 Å². The van der Waals surface area contributed by atoms with Crippen molar-refractivity contribution in [3.8, 4) is 0 Å². The summed E-state index contributed by atoms with van der Waals surface area (Å²) in [5.41, 5.74) is 0. The first-order valence-electron chi connectivity index (χ1n) is 3.96. The summed E-state index contributed by atoms with van der Waals surface area (Å²) in [6.07, 6.45) is 1.38. The highest BCUT2D eigenvalue weighted by atomic mass is 32.2. The van der Waals surface area contributed by atoms with Crippen molar-refractivity contribution in [2.75, 3.05) is 17.3 Å². The van der Waals surface area contributed by atoms with Crippen LogP contribution in [-0.2, 0) is 0 Å². The SMILES string of the molecule is CCSCCCSC(C)C. The molecule has 62 valence electrons. The Morgan fingerprint density at radius 3 is 2.40 bits per heavy atom. The van der Waals surface area contributed by atoms with E-state index < -0.39 is 0 Å². The molecule has 0 rings (SSSR count). The van der Waals surface area contributed by atoms with Crippen LogP contribution in [0.2, 0.25) is 0 Å². The van der Waals surface area contributed by atoms with Crippen LogP contribution in [0.25, 0.3) is 0 Å². The number of thioether (sulfide) groups is 2. The van der Waals surface area contributed by atoms with Crippen molar-refractivity contribution in [3.63, 3.8) is 0 Å². The van der Waals surface area contributed by atoms with Crippen LogP contribution in [0.3, 0.4) is 0 Å². The summed E-state index contributed by atoms with van der Waals surface area (Å²) < 4.78 is 0. The first-order valence-corrected chi connectivity index (χ1v) is 6.17. The molecule has 0 heterocycles. The van der Waals surface area contributed by atoms with E-state index in [-0.39, 0.29) is 0 Å². The third kappa shape index (κ3) is 8.70. The Morgan fingerprint density at radius 1 is 1.20 bits per heavy atom. The molecular formula is C8H18S2. The smallest absolute Gasteiger partial charge is 0.000968 e. The monoisotopic (exact) mass is 178 g/mol. The normalized spacial score (nSPS) is 10.8. The van der Waals surface area contributed by atoms with E-state index in [1.807, 2.05) is 11.8 Å². The lowest BCUT2D eigenvalue weighted by Gasteiger charge is -2.02. The van der Waals surface area contributed by atoms with Gasteiger partial charge >= 0.3 is 0 Å². The topological polar surface area (TPSA) is 0 Å². The summed E-state index contributed by atoms with van der Waals surface area (Å²) in [6.45, 7) is 6.75. The van der Waals surface area contributed by atoms with Crippen LogP contribution in [0, 0.1) is 0 Å². The van der Waals surface area contributed by atoms with Gasteiger partial charge in [0.2, 0.25) is 0 Å². The Morgan fingerprint density at radius 2 is 1.90 bits per heavy atom. The molecule has 0 saturated heterocycles. The molecule has 0 aromatic heterocycles. The zero-order valence-electron chi connectivity index (χ0n) is 7.22. The summed E-state index contributed by atoms with van der Waals surface area (Å²) in [7, 11) is 0. The minimum Gasteiger partial charge on any atom is -0.162 e. The van der Waals surface area contributed by atoms with E-state index in [9.17, 15) is 0 Å². The van der Waals surface area contributed by atoms with Gasteiger partial charge in [-0.25, -0.2) is 0 Å². The lowest BCUT2D eigenvalue weighted by molar-refractivity contribution is 1.07. The Labute approximate surface area is 73.5 Å². The first-order chi connectivity index (χ1) is 4.77. The van der Waals surface area contributed by atoms with Crippen LogP contribution in [0.15, 0.2) is 0 Å². The summed E-state index contributed by atoms with van der Waals surface area (Å²) in [5.74, 6) is 3.95. The molecule has 0 unspecified atom stereocenters. The zero-order chi connectivity index (χ0) is 7.82. The highest BCUT2D eigenvalue weighted by molar-refractivity contribution is 8.00. The number of hydrogen-bond acceptors (Lipinski definition) is 2. The maximum absolute atomic E-state index is 2.26. The molecule has 0 nitrogen and oxygen atoms in total. The van der Waals surface area contributed by atoms with E-state index in [0.29, 0.717) is 0 Å². The first kappa shape index (κ1) is 10.7. The molecular weight excluding hydrogens is 160 g/mol. The fourth-order valence-electron chi connectivity index (χ4n) is 0.624. The van der Waals surface area contributed by atoms with Crippen LogP contribution >= 0.6 is 23.5 Å². The second-order valence-corrected chi connectivity index (χ2v) is 5.55. The molecule has 0 amide bonds.